The third kappa shape index (κ3) is 7.51. The number of aromatic hydroxyl groups is 2. The van der Waals surface area contributed by atoms with Gasteiger partial charge in [-0.05, 0) is 95.5 Å². The summed E-state index contributed by atoms with van der Waals surface area (Å²) in [7, 11) is 0. The molecule has 1 aromatic heterocycles. The first-order valence-electron chi connectivity index (χ1n) is 15.9. The van der Waals surface area contributed by atoms with E-state index in [9.17, 15) is 10.2 Å². The first-order valence-corrected chi connectivity index (χ1v) is 15.9. The highest BCUT2D eigenvalue weighted by molar-refractivity contribution is 5.45. The van der Waals surface area contributed by atoms with Crippen LogP contribution in [0.1, 0.15) is 76.6 Å². The molecule has 5 rings (SSSR count). The molecule has 2 N–H and O–H groups in total. The second-order valence-corrected chi connectivity index (χ2v) is 13.4. The summed E-state index contributed by atoms with van der Waals surface area (Å²) in [5.41, 5.74) is 4.21. The van der Waals surface area contributed by atoms with E-state index in [4.69, 9.17) is 9.47 Å². The van der Waals surface area contributed by atoms with Crippen LogP contribution in [-0.2, 0) is 10.8 Å². The van der Waals surface area contributed by atoms with E-state index in [0.717, 1.165) is 24.0 Å². The van der Waals surface area contributed by atoms with Gasteiger partial charge in [0.25, 0.3) is 0 Å². The van der Waals surface area contributed by atoms with Crippen molar-refractivity contribution in [1.29, 1.82) is 0 Å². The maximum absolute atomic E-state index is 9.82. The Bertz CT molecular complexity index is 1590. The Morgan fingerprint density at radius 2 is 0.826 bits per heavy atom. The molecule has 4 aromatic carbocycles. The number of hydrogen-bond acceptors (Lipinski definition) is 6. The summed E-state index contributed by atoms with van der Waals surface area (Å²) >= 11 is 0. The minimum atomic E-state index is -0.220. The lowest BCUT2D eigenvalue weighted by atomic mass is 9.71. The zero-order chi connectivity index (χ0) is 32.9. The van der Waals surface area contributed by atoms with Gasteiger partial charge in [-0.15, -0.1) is 0 Å². The number of phenolic OH excluding ortho intramolecular Hbond substituents is 2. The van der Waals surface area contributed by atoms with E-state index in [0.29, 0.717) is 35.1 Å². The van der Waals surface area contributed by atoms with Crippen molar-refractivity contribution in [2.24, 2.45) is 11.8 Å². The molecule has 0 aliphatic heterocycles. The van der Waals surface area contributed by atoms with Gasteiger partial charge in [0, 0.05) is 10.8 Å². The van der Waals surface area contributed by atoms with E-state index in [1.807, 2.05) is 48.5 Å². The van der Waals surface area contributed by atoms with Crippen LogP contribution >= 0.6 is 0 Å². The predicted molar refractivity (Wildman–Crippen MR) is 183 cm³/mol. The molecule has 0 spiro atoms. The number of rotatable bonds is 12. The molecule has 0 amide bonds. The molecule has 0 bridgehead atoms. The van der Waals surface area contributed by atoms with Crippen LogP contribution in [0.4, 0.5) is 0 Å². The average Bonchev–Trinajstić information content (AvgIpc) is 3.02. The number of aromatic nitrogens is 2. The molecule has 0 saturated heterocycles. The summed E-state index contributed by atoms with van der Waals surface area (Å²) in [4.78, 5) is 8.60. The summed E-state index contributed by atoms with van der Waals surface area (Å²) in [5.74, 6) is 3.58. The SMILES string of the molecule is CC(C)CC(C)(c1ccc(O)cc1)c1ccc(Oc2cc(Oc3ccc(C(C)(CC(C)C)c4ccc(O)cc4)cc3)ncn2)cc1. The van der Waals surface area contributed by atoms with Crippen molar-refractivity contribution in [2.75, 3.05) is 0 Å². The van der Waals surface area contributed by atoms with E-state index in [-0.39, 0.29) is 22.3 Å². The largest absolute Gasteiger partial charge is 0.508 e. The maximum Gasteiger partial charge on any atom is 0.226 e. The van der Waals surface area contributed by atoms with E-state index in [1.165, 1.54) is 17.5 Å². The number of benzene rings is 4. The fourth-order valence-corrected chi connectivity index (χ4v) is 6.55. The van der Waals surface area contributed by atoms with Gasteiger partial charge in [-0.2, -0.15) is 0 Å². The fourth-order valence-electron chi connectivity index (χ4n) is 6.55. The van der Waals surface area contributed by atoms with Crippen molar-refractivity contribution in [3.63, 3.8) is 0 Å². The highest BCUT2D eigenvalue weighted by Gasteiger charge is 2.31. The molecule has 46 heavy (non-hydrogen) atoms. The molecule has 2 atom stereocenters. The van der Waals surface area contributed by atoms with E-state index < -0.39 is 0 Å². The highest BCUT2D eigenvalue weighted by Crippen LogP contribution is 2.41. The Hall–Kier alpha value is -4.84. The monoisotopic (exact) mass is 616 g/mol. The molecule has 2 unspecified atom stereocenters. The van der Waals surface area contributed by atoms with E-state index in [1.54, 1.807) is 30.3 Å². The minimum absolute atomic E-state index is 0.220. The third-order valence-electron chi connectivity index (χ3n) is 8.69. The maximum atomic E-state index is 9.82. The Morgan fingerprint density at radius 3 is 1.13 bits per heavy atom. The Labute approximate surface area is 272 Å². The molecule has 0 aliphatic carbocycles. The number of hydrogen-bond donors (Lipinski definition) is 2. The number of nitrogens with zero attached hydrogens (tertiary/aromatic N) is 2. The van der Waals surface area contributed by atoms with Crippen LogP contribution in [0.5, 0.6) is 34.8 Å². The molecule has 5 aromatic rings. The molecule has 1 heterocycles. The van der Waals surface area contributed by atoms with E-state index >= 15 is 0 Å². The molecule has 0 radical (unpaired) electrons. The van der Waals surface area contributed by atoms with Crippen LogP contribution < -0.4 is 9.47 Å². The molecule has 238 valence electrons. The molecule has 6 nitrogen and oxygen atoms in total. The third-order valence-corrected chi connectivity index (χ3v) is 8.69. The van der Waals surface area contributed by atoms with Crippen LogP contribution in [0.3, 0.4) is 0 Å². The van der Waals surface area contributed by atoms with Gasteiger partial charge in [-0.25, -0.2) is 9.97 Å². The van der Waals surface area contributed by atoms with Gasteiger partial charge in [0.05, 0.1) is 6.07 Å². The Morgan fingerprint density at radius 1 is 0.522 bits per heavy atom. The standard InChI is InChI=1S/C40H44N2O4/c1-27(2)24-39(5,29-7-15-33(43)16-8-29)31-11-19-35(20-12-31)45-37-23-38(42-26-41-37)46-36-21-13-32(14-22-36)40(6,25-28(3)4)30-9-17-34(44)18-10-30/h7-23,26-28,43-44H,24-25H2,1-6H3. The minimum Gasteiger partial charge on any atom is -0.508 e. The van der Waals surface area contributed by atoms with Gasteiger partial charge >= 0.3 is 0 Å². The second-order valence-electron chi connectivity index (χ2n) is 13.4. The topological polar surface area (TPSA) is 84.7 Å². The van der Waals surface area contributed by atoms with Crippen molar-refractivity contribution in [3.05, 3.63) is 132 Å². The summed E-state index contributed by atoms with van der Waals surface area (Å²) < 4.78 is 12.2. The lowest BCUT2D eigenvalue weighted by Gasteiger charge is -2.33. The molecule has 0 fully saturated rings. The quantitative estimate of drug-likeness (QED) is 0.145. The first kappa shape index (κ1) is 32.6. The van der Waals surface area contributed by atoms with Gasteiger partial charge in [0.1, 0.15) is 29.3 Å². The zero-order valence-corrected chi connectivity index (χ0v) is 27.6. The van der Waals surface area contributed by atoms with Crippen molar-refractivity contribution in [3.8, 4) is 34.8 Å². The first-order chi connectivity index (χ1) is 21.9. The molecule has 0 aliphatic rings. The predicted octanol–water partition coefficient (Wildman–Crippen LogP) is 10.2. The number of phenols is 2. The van der Waals surface area contributed by atoms with Crippen molar-refractivity contribution >= 4 is 0 Å². The average molecular weight is 617 g/mol. The molecular formula is C40H44N2O4. The van der Waals surface area contributed by atoms with Crippen molar-refractivity contribution < 1.29 is 19.7 Å². The van der Waals surface area contributed by atoms with Crippen LogP contribution in [0.2, 0.25) is 0 Å². The summed E-state index contributed by atoms with van der Waals surface area (Å²) in [6, 6.07) is 32.9. The normalized spacial score (nSPS) is 14.1. The number of ether oxygens (including phenoxy) is 2. The zero-order valence-electron chi connectivity index (χ0n) is 27.6. The molecule has 6 heteroatoms. The Balaban J connectivity index is 1.30. The van der Waals surface area contributed by atoms with Gasteiger partial charge < -0.3 is 19.7 Å². The van der Waals surface area contributed by atoms with Gasteiger partial charge in [0.15, 0.2) is 0 Å². The summed E-state index contributed by atoms with van der Waals surface area (Å²) in [6.07, 6.45) is 3.35. The van der Waals surface area contributed by atoms with Crippen molar-refractivity contribution in [1.82, 2.24) is 9.97 Å². The molecule has 0 saturated carbocycles. The highest BCUT2D eigenvalue weighted by atomic mass is 16.5. The van der Waals surface area contributed by atoms with Crippen molar-refractivity contribution in [2.45, 2.75) is 65.2 Å². The van der Waals surface area contributed by atoms with Crippen LogP contribution in [0, 0.1) is 11.8 Å². The lowest BCUT2D eigenvalue weighted by Crippen LogP contribution is -2.25. The van der Waals surface area contributed by atoms with Crippen LogP contribution in [-0.4, -0.2) is 20.2 Å². The van der Waals surface area contributed by atoms with Gasteiger partial charge in [0.2, 0.25) is 11.8 Å². The van der Waals surface area contributed by atoms with E-state index in [2.05, 4.69) is 75.8 Å². The van der Waals surface area contributed by atoms with Crippen LogP contribution in [0.25, 0.3) is 0 Å². The summed E-state index contributed by atoms with van der Waals surface area (Å²) in [6.45, 7) is 13.4. The summed E-state index contributed by atoms with van der Waals surface area (Å²) in [5, 5.41) is 19.6. The van der Waals surface area contributed by atoms with Crippen LogP contribution in [0.15, 0.2) is 109 Å². The van der Waals surface area contributed by atoms with Gasteiger partial charge in [-0.1, -0.05) is 90.1 Å². The lowest BCUT2D eigenvalue weighted by molar-refractivity contribution is 0.421. The smallest absolute Gasteiger partial charge is 0.226 e. The molecular weight excluding hydrogens is 572 g/mol. The Kier molecular flexibility index (Phi) is 9.66. The second kappa shape index (κ2) is 13.7. The fraction of sp³-hybridized carbons (Fsp3) is 0.300. The van der Waals surface area contributed by atoms with Gasteiger partial charge in [-0.3, -0.25) is 0 Å².